The number of furan rings is 1. The number of halogens is 2. The van der Waals surface area contributed by atoms with Gasteiger partial charge in [0.25, 0.3) is 0 Å². The molecule has 20 heavy (non-hydrogen) atoms. The lowest BCUT2D eigenvalue weighted by Crippen LogP contribution is -2.09. The van der Waals surface area contributed by atoms with Crippen LogP contribution in [0.5, 0.6) is 0 Å². The second-order valence-corrected chi connectivity index (χ2v) is 5.80. The summed E-state index contributed by atoms with van der Waals surface area (Å²) in [5.41, 5.74) is 0.796. The average Bonchev–Trinajstić information content (AvgIpc) is 2.68. The lowest BCUT2D eigenvalue weighted by Gasteiger charge is -2.03. The van der Waals surface area contributed by atoms with Crippen LogP contribution in [0.1, 0.15) is 38.7 Å². The van der Waals surface area contributed by atoms with Crippen LogP contribution in [0.3, 0.4) is 0 Å². The fraction of sp³-hybridized carbons (Fsp3) is 0.200. The van der Waals surface area contributed by atoms with Crippen LogP contribution in [0, 0.1) is 13.8 Å². The van der Waals surface area contributed by atoms with Crippen molar-refractivity contribution in [1.82, 2.24) is 0 Å². The lowest BCUT2D eigenvalue weighted by atomic mass is 10.0. The SMILES string of the molecule is Cc1cc(C(=O)CC(=O)c2ccc(Br)cc2Cl)c(C)o1. The quantitative estimate of drug-likeness (QED) is 0.586. The van der Waals surface area contributed by atoms with Gasteiger partial charge in [0, 0.05) is 10.0 Å². The molecule has 0 aliphatic heterocycles. The van der Waals surface area contributed by atoms with Gasteiger partial charge in [-0.25, -0.2) is 0 Å². The maximum atomic E-state index is 12.1. The number of rotatable bonds is 4. The summed E-state index contributed by atoms with van der Waals surface area (Å²) in [6.45, 7) is 3.47. The molecule has 2 rings (SSSR count). The van der Waals surface area contributed by atoms with Crippen molar-refractivity contribution in [2.45, 2.75) is 20.3 Å². The fourth-order valence-corrected chi connectivity index (χ4v) is 2.74. The van der Waals surface area contributed by atoms with Crippen LogP contribution in [0.25, 0.3) is 0 Å². The fourth-order valence-electron chi connectivity index (χ4n) is 1.96. The summed E-state index contributed by atoms with van der Waals surface area (Å²) in [5, 5.41) is 0.331. The minimum absolute atomic E-state index is 0.221. The third kappa shape index (κ3) is 3.19. The number of carbonyl (C=O) groups excluding carboxylic acids is 2. The van der Waals surface area contributed by atoms with E-state index in [1.54, 1.807) is 38.1 Å². The van der Waals surface area contributed by atoms with E-state index in [0.717, 1.165) is 4.47 Å². The predicted octanol–water partition coefficient (Wildman–Crippen LogP) is 4.77. The third-order valence-corrected chi connectivity index (χ3v) is 3.70. The molecule has 0 saturated heterocycles. The van der Waals surface area contributed by atoms with Crippen LogP contribution in [0.4, 0.5) is 0 Å². The molecule has 3 nitrogen and oxygen atoms in total. The lowest BCUT2D eigenvalue weighted by molar-refractivity contribution is 0.0893. The first kappa shape index (κ1) is 15.0. The Morgan fingerprint density at radius 2 is 1.80 bits per heavy atom. The first-order chi connectivity index (χ1) is 9.38. The van der Waals surface area contributed by atoms with Crippen molar-refractivity contribution in [3.8, 4) is 0 Å². The highest BCUT2D eigenvalue weighted by Gasteiger charge is 2.19. The smallest absolute Gasteiger partial charge is 0.174 e. The van der Waals surface area contributed by atoms with E-state index >= 15 is 0 Å². The highest BCUT2D eigenvalue weighted by atomic mass is 79.9. The second-order valence-electron chi connectivity index (χ2n) is 4.47. The molecule has 0 amide bonds. The molecule has 2 aromatic rings. The standard InChI is InChI=1S/C15H12BrClO3/c1-8-5-12(9(2)20-8)15(19)7-14(18)11-4-3-10(16)6-13(11)17/h3-6H,7H2,1-2H3. The molecule has 1 heterocycles. The van der Waals surface area contributed by atoms with E-state index in [4.69, 9.17) is 16.0 Å². The minimum Gasteiger partial charge on any atom is -0.466 e. The Morgan fingerprint density at radius 1 is 1.15 bits per heavy atom. The first-order valence-electron chi connectivity index (χ1n) is 5.97. The molecule has 1 aromatic carbocycles. The van der Waals surface area contributed by atoms with Crippen molar-refractivity contribution in [3.63, 3.8) is 0 Å². The first-order valence-corrected chi connectivity index (χ1v) is 7.14. The summed E-state index contributed by atoms with van der Waals surface area (Å²) in [7, 11) is 0. The molecular weight excluding hydrogens is 344 g/mol. The van der Waals surface area contributed by atoms with E-state index in [1.165, 1.54) is 0 Å². The zero-order valence-electron chi connectivity index (χ0n) is 11.0. The van der Waals surface area contributed by atoms with Gasteiger partial charge in [-0.05, 0) is 38.1 Å². The molecular formula is C15H12BrClO3. The van der Waals surface area contributed by atoms with E-state index in [-0.39, 0.29) is 18.0 Å². The number of benzene rings is 1. The molecule has 0 N–H and O–H groups in total. The van der Waals surface area contributed by atoms with Gasteiger partial charge in [0.15, 0.2) is 11.6 Å². The monoisotopic (exact) mass is 354 g/mol. The molecule has 0 saturated carbocycles. The normalized spacial score (nSPS) is 10.6. The van der Waals surface area contributed by atoms with Gasteiger partial charge in [-0.2, -0.15) is 0 Å². The molecule has 0 aliphatic carbocycles. The van der Waals surface area contributed by atoms with Gasteiger partial charge in [0.05, 0.1) is 17.0 Å². The molecule has 0 radical (unpaired) electrons. The Hall–Kier alpha value is -1.39. The summed E-state index contributed by atoms with van der Waals surface area (Å²) in [6.07, 6.45) is -0.221. The largest absolute Gasteiger partial charge is 0.466 e. The molecule has 1 aromatic heterocycles. The van der Waals surface area contributed by atoms with Gasteiger partial charge in [-0.1, -0.05) is 27.5 Å². The van der Waals surface area contributed by atoms with Gasteiger partial charge < -0.3 is 4.42 Å². The zero-order valence-corrected chi connectivity index (χ0v) is 13.3. The van der Waals surface area contributed by atoms with E-state index in [1.807, 2.05) is 0 Å². The molecule has 0 fully saturated rings. The summed E-state index contributed by atoms with van der Waals surface area (Å²) in [4.78, 5) is 24.2. The minimum atomic E-state index is -0.300. The van der Waals surface area contributed by atoms with E-state index < -0.39 is 0 Å². The van der Waals surface area contributed by atoms with Crippen molar-refractivity contribution in [1.29, 1.82) is 0 Å². The second kappa shape index (κ2) is 5.94. The van der Waals surface area contributed by atoms with Crippen LogP contribution in [0.15, 0.2) is 33.2 Å². The van der Waals surface area contributed by atoms with Crippen molar-refractivity contribution < 1.29 is 14.0 Å². The van der Waals surface area contributed by atoms with Crippen LogP contribution in [-0.4, -0.2) is 11.6 Å². The van der Waals surface area contributed by atoms with Gasteiger partial charge in [0.2, 0.25) is 0 Å². The van der Waals surface area contributed by atoms with E-state index in [9.17, 15) is 9.59 Å². The van der Waals surface area contributed by atoms with Crippen LogP contribution >= 0.6 is 27.5 Å². The van der Waals surface area contributed by atoms with Crippen molar-refractivity contribution in [3.05, 3.63) is 56.4 Å². The van der Waals surface area contributed by atoms with E-state index in [2.05, 4.69) is 15.9 Å². The number of hydrogen-bond donors (Lipinski definition) is 0. The van der Waals surface area contributed by atoms with Crippen molar-refractivity contribution in [2.24, 2.45) is 0 Å². The third-order valence-electron chi connectivity index (χ3n) is 2.89. The Kier molecular flexibility index (Phi) is 4.45. The predicted molar refractivity (Wildman–Crippen MR) is 80.6 cm³/mol. The molecule has 0 aliphatic rings. The number of hydrogen-bond acceptors (Lipinski definition) is 3. The number of ketones is 2. The molecule has 104 valence electrons. The Labute approximate surface area is 130 Å². The zero-order chi connectivity index (χ0) is 14.9. The Morgan fingerprint density at radius 3 is 2.35 bits per heavy atom. The summed E-state index contributed by atoms with van der Waals surface area (Å²) < 4.78 is 6.08. The summed E-state index contributed by atoms with van der Waals surface area (Å²) in [6, 6.07) is 6.60. The highest BCUT2D eigenvalue weighted by molar-refractivity contribution is 9.10. The molecule has 5 heteroatoms. The topological polar surface area (TPSA) is 47.3 Å². The molecule has 0 spiro atoms. The van der Waals surface area contributed by atoms with Gasteiger partial charge in [0.1, 0.15) is 11.5 Å². The van der Waals surface area contributed by atoms with Crippen LogP contribution < -0.4 is 0 Å². The Balaban J connectivity index is 2.19. The average molecular weight is 356 g/mol. The van der Waals surface area contributed by atoms with E-state index in [0.29, 0.717) is 27.7 Å². The summed E-state index contributed by atoms with van der Waals surface area (Å²) >= 11 is 9.28. The van der Waals surface area contributed by atoms with Gasteiger partial charge in [-0.15, -0.1) is 0 Å². The molecule has 0 bridgehead atoms. The van der Waals surface area contributed by atoms with Crippen molar-refractivity contribution >= 4 is 39.1 Å². The molecule has 0 atom stereocenters. The highest BCUT2D eigenvalue weighted by Crippen LogP contribution is 2.23. The summed E-state index contributed by atoms with van der Waals surface area (Å²) in [5.74, 6) is 0.622. The maximum Gasteiger partial charge on any atom is 0.174 e. The number of Topliss-reactive ketones (excluding diaryl/α,β-unsaturated/α-hetero) is 2. The van der Waals surface area contributed by atoms with Crippen molar-refractivity contribution in [2.75, 3.05) is 0 Å². The Bertz CT molecular complexity index is 688. The molecule has 0 unspecified atom stereocenters. The van der Waals surface area contributed by atoms with Gasteiger partial charge in [-0.3, -0.25) is 9.59 Å². The number of carbonyl (C=O) groups is 2. The van der Waals surface area contributed by atoms with Gasteiger partial charge >= 0.3 is 0 Å². The van der Waals surface area contributed by atoms with Crippen LogP contribution in [0.2, 0.25) is 5.02 Å². The maximum absolute atomic E-state index is 12.1. The van der Waals surface area contributed by atoms with Crippen LogP contribution in [-0.2, 0) is 0 Å². The number of aryl methyl sites for hydroxylation is 2.